The number of guanidine groups is 7. The van der Waals surface area contributed by atoms with Crippen molar-refractivity contribution in [2.75, 3.05) is 45.8 Å². The predicted molar refractivity (Wildman–Crippen MR) is 297 cm³/mol. The summed E-state index contributed by atoms with van der Waals surface area (Å²) in [7, 11) is 0. The monoisotopic (exact) mass is 1110 g/mol. The number of carboxylic acid groups (broad SMARTS) is 1. The lowest BCUT2D eigenvalue weighted by Gasteiger charge is -2.28. The van der Waals surface area contributed by atoms with Gasteiger partial charge in [0.15, 0.2) is 41.7 Å². The molecule has 442 valence electrons. The molecule has 0 saturated heterocycles. The molecule has 36 nitrogen and oxygen atoms in total. The van der Waals surface area contributed by atoms with Crippen LogP contribution in [0.15, 0.2) is 34.9 Å². The Balaban J connectivity index is 7.16. The van der Waals surface area contributed by atoms with Gasteiger partial charge in [0.1, 0.15) is 36.3 Å². The number of hydrogen-bond acceptors (Lipinski definition) is 15. The van der Waals surface area contributed by atoms with Gasteiger partial charge < -0.3 is 123 Å². The summed E-state index contributed by atoms with van der Waals surface area (Å²) >= 11 is 0. The zero-order chi connectivity index (χ0) is 59.2. The van der Waals surface area contributed by atoms with E-state index in [0.717, 1.165) is 0 Å². The highest BCUT2D eigenvalue weighted by Gasteiger charge is 2.33. The van der Waals surface area contributed by atoms with Gasteiger partial charge >= 0.3 is 5.97 Å². The summed E-state index contributed by atoms with van der Waals surface area (Å²) < 4.78 is 0. The zero-order valence-corrected chi connectivity index (χ0v) is 44.0. The second-order valence-corrected chi connectivity index (χ2v) is 17.5. The third-order valence-electron chi connectivity index (χ3n) is 10.8. The normalized spacial score (nSPS) is 13.2. The minimum atomic E-state index is -1.46. The van der Waals surface area contributed by atoms with Crippen molar-refractivity contribution in [2.45, 2.75) is 132 Å². The van der Waals surface area contributed by atoms with Crippen molar-refractivity contribution in [1.29, 1.82) is 0 Å². The minimum absolute atomic E-state index is 0.00837. The van der Waals surface area contributed by atoms with E-state index in [1.54, 1.807) is 0 Å². The van der Waals surface area contributed by atoms with Gasteiger partial charge in [-0.25, -0.2) is 4.79 Å². The average Bonchev–Trinajstić information content (AvgIpc) is 3.34. The van der Waals surface area contributed by atoms with Gasteiger partial charge in [-0.1, -0.05) is 0 Å². The second-order valence-electron chi connectivity index (χ2n) is 17.5. The van der Waals surface area contributed by atoms with E-state index >= 15 is 0 Å². The summed E-state index contributed by atoms with van der Waals surface area (Å²) in [5.41, 5.74) is 82.7. The first-order chi connectivity index (χ1) is 36.7. The Hall–Kier alpha value is -8.86. The van der Waals surface area contributed by atoms with Crippen LogP contribution in [0.3, 0.4) is 0 Å². The number of nitrogens with two attached hydrogens (primary N) is 15. The molecule has 0 heterocycles. The molecule has 0 aliphatic rings. The molecule has 0 aromatic carbocycles. The molecule has 36 heteroatoms. The molecular formula is C42H86N28O8. The zero-order valence-electron chi connectivity index (χ0n) is 44.0. The molecule has 0 saturated carbocycles. The predicted octanol–water partition coefficient (Wildman–Crippen LogP) is -10.3. The molecule has 0 spiro atoms. The van der Waals surface area contributed by atoms with Crippen molar-refractivity contribution >= 4 is 83.1 Å². The molecule has 0 aromatic rings. The van der Waals surface area contributed by atoms with E-state index in [-0.39, 0.29) is 171 Å². The number of nitrogens with zero attached hydrogens (tertiary/aromatic N) is 7. The lowest BCUT2D eigenvalue weighted by molar-refractivity contribution is -0.142. The number of carbonyl (C=O) groups is 7. The van der Waals surface area contributed by atoms with Gasteiger partial charge in [-0.3, -0.25) is 63.7 Å². The van der Waals surface area contributed by atoms with Gasteiger partial charge in [0.05, 0.1) is 6.04 Å². The van der Waals surface area contributed by atoms with E-state index in [2.05, 4.69) is 66.8 Å². The van der Waals surface area contributed by atoms with Crippen LogP contribution in [0, 0.1) is 0 Å². The summed E-state index contributed by atoms with van der Waals surface area (Å²) in [4.78, 5) is 124. The number of aliphatic carboxylic acids is 1. The fourth-order valence-corrected chi connectivity index (χ4v) is 6.91. The molecule has 6 amide bonds. The Bertz CT molecular complexity index is 2110. The Morgan fingerprint density at radius 1 is 0.282 bits per heavy atom. The van der Waals surface area contributed by atoms with Crippen LogP contribution in [-0.2, 0) is 33.6 Å². The Labute approximate surface area is 451 Å². The molecule has 78 heavy (non-hydrogen) atoms. The van der Waals surface area contributed by atoms with E-state index < -0.39 is 83.7 Å². The fraction of sp³-hybridized carbons (Fsp3) is 0.667. The SMILES string of the molecule is NC(N)=NCCC[C@H](NC(=O)[C@@H](N)CCCN=C(N)N)C(=O)N[C@H](CCCN=C(N)N)C(=O)N[C@H](CCCN=C(N)N)C(=O)N[C@H](CCCN=C(N)N)C(=O)N[C@H](CCCN=C(N)N)C(=O)N[C@H](CCCN=C(N)N)C(=O)O. The number of rotatable bonds is 41. The summed E-state index contributed by atoms with van der Waals surface area (Å²) in [6.07, 6.45) is 0.582. The first-order valence-electron chi connectivity index (χ1n) is 24.9. The summed E-state index contributed by atoms with van der Waals surface area (Å²) in [6.45, 7) is 0.333. The summed E-state index contributed by atoms with van der Waals surface area (Å²) in [5, 5.41) is 25.5. The first-order valence-corrected chi connectivity index (χ1v) is 24.9. The number of carboxylic acids is 1. The van der Waals surface area contributed by atoms with Crippen LogP contribution in [0.4, 0.5) is 0 Å². The van der Waals surface area contributed by atoms with Gasteiger partial charge in [-0.15, -0.1) is 0 Å². The molecule has 37 N–H and O–H groups in total. The lowest BCUT2D eigenvalue weighted by atomic mass is 10.0. The maximum atomic E-state index is 14.4. The molecule has 0 fully saturated rings. The highest BCUT2D eigenvalue weighted by Crippen LogP contribution is 2.10. The van der Waals surface area contributed by atoms with Gasteiger partial charge in [0.2, 0.25) is 35.4 Å². The van der Waals surface area contributed by atoms with Gasteiger partial charge in [-0.05, 0) is 89.9 Å². The third kappa shape index (κ3) is 34.6. The number of nitrogens with one attached hydrogen (secondary N) is 6. The smallest absolute Gasteiger partial charge is 0.326 e. The van der Waals surface area contributed by atoms with Crippen LogP contribution < -0.4 is 118 Å². The van der Waals surface area contributed by atoms with E-state index in [1.807, 2.05) is 0 Å². The van der Waals surface area contributed by atoms with Crippen LogP contribution in [0.2, 0.25) is 0 Å². The molecule has 0 rings (SSSR count). The van der Waals surface area contributed by atoms with Crippen molar-refractivity contribution in [3.8, 4) is 0 Å². The molecule has 0 aliphatic carbocycles. The van der Waals surface area contributed by atoms with Crippen LogP contribution in [0.5, 0.6) is 0 Å². The number of aliphatic imine (C=N–C) groups is 7. The van der Waals surface area contributed by atoms with Crippen molar-refractivity contribution < 1.29 is 38.7 Å². The van der Waals surface area contributed by atoms with Crippen LogP contribution in [0.25, 0.3) is 0 Å². The quantitative estimate of drug-likeness (QED) is 0.0154. The van der Waals surface area contributed by atoms with Gasteiger partial charge in [-0.2, -0.15) is 0 Å². The molecule has 0 aliphatic heterocycles. The van der Waals surface area contributed by atoms with Gasteiger partial charge in [0, 0.05) is 45.8 Å². The maximum absolute atomic E-state index is 14.4. The molecule has 0 aromatic heterocycles. The van der Waals surface area contributed by atoms with E-state index in [4.69, 9.17) is 86.0 Å². The average molecular weight is 1110 g/mol. The number of hydrogen-bond donors (Lipinski definition) is 22. The second kappa shape index (κ2) is 39.5. The number of carbonyl (C=O) groups excluding carboxylic acids is 6. The van der Waals surface area contributed by atoms with E-state index in [0.29, 0.717) is 6.42 Å². The molecule has 7 atom stereocenters. The lowest BCUT2D eigenvalue weighted by Crippen LogP contribution is -2.59. The molecule has 0 bridgehead atoms. The van der Waals surface area contributed by atoms with Crippen molar-refractivity contribution in [3.05, 3.63) is 0 Å². The summed E-state index contributed by atoms with van der Waals surface area (Å²) in [6, 6.07) is -9.55. The highest BCUT2D eigenvalue weighted by atomic mass is 16.4. The van der Waals surface area contributed by atoms with E-state index in [9.17, 15) is 38.7 Å². The minimum Gasteiger partial charge on any atom is -0.480 e. The first kappa shape index (κ1) is 69.1. The van der Waals surface area contributed by atoms with Crippen LogP contribution in [0.1, 0.15) is 89.9 Å². The third-order valence-corrected chi connectivity index (χ3v) is 10.8. The molecular weight excluding hydrogens is 1020 g/mol. The van der Waals surface area contributed by atoms with Crippen LogP contribution in [-0.4, -0.2) is 176 Å². The fourth-order valence-electron chi connectivity index (χ4n) is 6.91. The Morgan fingerprint density at radius 3 is 0.641 bits per heavy atom. The summed E-state index contributed by atoms with van der Waals surface area (Å²) in [5.74, 6) is -8.11. The largest absolute Gasteiger partial charge is 0.480 e. The van der Waals surface area contributed by atoms with Gasteiger partial charge in [0.25, 0.3) is 0 Å². The Kier molecular flexibility index (Phi) is 35.0. The topological polar surface area (TPSA) is 689 Å². The van der Waals surface area contributed by atoms with Crippen molar-refractivity contribution in [2.24, 2.45) is 121 Å². The maximum Gasteiger partial charge on any atom is 0.326 e. The highest BCUT2D eigenvalue weighted by molar-refractivity contribution is 5.97. The number of amides is 6. The van der Waals surface area contributed by atoms with E-state index in [1.165, 1.54) is 0 Å². The van der Waals surface area contributed by atoms with Crippen LogP contribution >= 0.6 is 0 Å². The van der Waals surface area contributed by atoms with Crippen molar-refractivity contribution in [1.82, 2.24) is 31.9 Å². The molecule has 0 unspecified atom stereocenters. The molecule has 0 radical (unpaired) electrons. The Morgan fingerprint density at radius 2 is 0.449 bits per heavy atom. The standard InChI is InChI=1S/C42H86N28O8/c43-22(8-1-15-58-36(44)45)29(71)65-23(9-2-16-59-37(46)47)30(72)66-24(10-3-17-60-38(48)49)31(73)67-25(11-4-18-61-39(50)51)32(74)68-26(12-5-19-62-40(52)53)33(75)69-27(13-6-20-63-41(54)55)34(76)70-28(35(77)78)14-7-21-64-42(56)57/h22-28H,1-21,43H2,(H,65,71)(H,66,72)(H,67,73)(H,68,74)(H,69,75)(H,70,76)(H,77,78)(H4,44,45,58)(H4,46,47,59)(H4,48,49,60)(H4,50,51,61)(H4,52,53,62)(H4,54,55,63)(H4,56,57,64)/t22-,23-,24+,25+,26+,27+,28+/m0/s1. The van der Waals surface area contributed by atoms with Crippen molar-refractivity contribution in [3.63, 3.8) is 0 Å².